The van der Waals surface area contributed by atoms with Crippen LogP contribution in [-0.4, -0.2) is 39.0 Å². The van der Waals surface area contributed by atoms with Crippen LogP contribution in [0.1, 0.15) is 36.5 Å². The summed E-state index contributed by atoms with van der Waals surface area (Å²) in [6, 6.07) is 13.1. The molecule has 0 spiro atoms. The number of fused-ring (bicyclic) bond motifs is 1. The fraction of sp³-hybridized carbons (Fsp3) is 0.308. The van der Waals surface area contributed by atoms with Crippen LogP contribution in [0.4, 0.5) is 4.39 Å². The summed E-state index contributed by atoms with van der Waals surface area (Å²) in [5.41, 5.74) is 3.84. The van der Waals surface area contributed by atoms with Crippen LogP contribution in [0.15, 0.2) is 53.6 Å². The van der Waals surface area contributed by atoms with Crippen LogP contribution in [0.2, 0.25) is 0 Å². The maximum atomic E-state index is 14.4. The van der Waals surface area contributed by atoms with Crippen molar-refractivity contribution in [1.29, 1.82) is 0 Å². The molecule has 0 radical (unpaired) electrons. The van der Waals surface area contributed by atoms with Gasteiger partial charge in [-0.1, -0.05) is 67.3 Å². The standard InChI is InChI=1S/C26H25FN2O2S2/c1-2-17-8-5-10-21-19(15-28(24(17)21)14-18-7-3-4-11-22(18)27)13-23-25(30)29(26(32)33-23)16-20-9-6-12-31-20/h3-5,7-8,10-11,13,15,20H,2,6,9,12,14,16H2,1H3/b23-13-/t20-/m1/s1. The molecule has 1 atom stereocenters. The molecule has 170 valence electrons. The lowest BCUT2D eigenvalue weighted by Gasteiger charge is -2.18. The van der Waals surface area contributed by atoms with E-state index in [-0.39, 0.29) is 17.8 Å². The monoisotopic (exact) mass is 480 g/mol. The van der Waals surface area contributed by atoms with Crippen molar-refractivity contribution >= 4 is 51.2 Å². The topological polar surface area (TPSA) is 34.5 Å². The van der Waals surface area contributed by atoms with Crippen molar-refractivity contribution in [3.05, 3.63) is 76.1 Å². The number of thiocarbonyl (C=S) groups is 1. The molecule has 0 aliphatic carbocycles. The molecule has 1 amide bonds. The van der Waals surface area contributed by atoms with Crippen LogP contribution in [-0.2, 0) is 22.5 Å². The number of rotatable bonds is 6. The fourth-order valence-electron chi connectivity index (χ4n) is 4.59. The van der Waals surface area contributed by atoms with Gasteiger partial charge in [-0.15, -0.1) is 0 Å². The van der Waals surface area contributed by atoms with E-state index >= 15 is 0 Å². The number of halogens is 1. The Labute approximate surface area is 202 Å². The number of amides is 1. The van der Waals surface area contributed by atoms with E-state index in [1.807, 2.05) is 30.5 Å². The van der Waals surface area contributed by atoms with Crippen LogP contribution >= 0.6 is 24.0 Å². The minimum Gasteiger partial charge on any atom is -0.376 e. The summed E-state index contributed by atoms with van der Waals surface area (Å²) in [5.74, 6) is -0.285. The van der Waals surface area contributed by atoms with E-state index in [0.717, 1.165) is 42.3 Å². The van der Waals surface area contributed by atoms with E-state index in [0.29, 0.717) is 27.9 Å². The smallest absolute Gasteiger partial charge is 0.266 e. The number of hydrogen-bond donors (Lipinski definition) is 0. The first kappa shape index (κ1) is 22.3. The lowest BCUT2D eigenvalue weighted by molar-refractivity contribution is -0.123. The summed E-state index contributed by atoms with van der Waals surface area (Å²) in [6.45, 7) is 3.80. The molecular formula is C26H25FN2O2S2. The highest BCUT2D eigenvalue weighted by molar-refractivity contribution is 8.26. The Morgan fingerprint density at radius 1 is 1.21 bits per heavy atom. The highest BCUT2D eigenvalue weighted by Gasteiger charge is 2.34. The quantitative estimate of drug-likeness (QED) is 0.331. The number of ether oxygens (including phenoxy) is 1. The van der Waals surface area contributed by atoms with Gasteiger partial charge in [0.2, 0.25) is 0 Å². The van der Waals surface area contributed by atoms with Crippen LogP contribution in [0.3, 0.4) is 0 Å². The average molecular weight is 481 g/mol. The third kappa shape index (κ3) is 4.37. The highest BCUT2D eigenvalue weighted by atomic mass is 32.2. The predicted molar refractivity (Wildman–Crippen MR) is 136 cm³/mol. The normalized spacial score (nSPS) is 20.0. The molecule has 2 fully saturated rings. The minimum atomic E-state index is -0.218. The zero-order chi connectivity index (χ0) is 22.9. The Morgan fingerprint density at radius 2 is 2.03 bits per heavy atom. The zero-order valence-corrected chi connectivity index (χ0v) is 20.1. The Bertz CT molecular complexity index is 1260. The van der Waals surface area contributed by atoms with Gasteiger partial charge in [-0.2, -0.15) is 0 Å². The molecule has 2 saturated heterocycles. The first-order valence-corrected chi connectivity index (χ1v) is 12.5. The zero-order valence-electron chi connectivity index (χ0n) is 18.4. The summed E-state index contributed by atoms with van der Waals surface area (Å²) in [6.07, 6.45) is 6.84. The molecule has 3 aromatic rings. The lowest BCUT2D eigenvalue weighted by Crippen LogP contribution is -2.35. The van der Waals surface area contributed by atoms with Gasteiger partial charge >= 0.3 is 0 Å². The molecular weight excluding hydrogens is 455 g/mol. The van der Waals surface area contributed by atoms with Gasteiger partial charge in [0.25, 0.3) is 5.91 Å². The molecule has 2 aliphatic rings. The van der Waals surface area contributed by atoms with Crippen molar-refractivity contribution in [2.45, 2.75) is 38.8 Å². The van der Waals surface area contributed by atoms with E-state index < -0.39 is 0 Å². The second kappa shape index (κ2) is 9.41. The number of benzene rings is 2. The van der Waals surface area contributed by atoms with Crippen LogP contribution < -0.4 is 0 Å². The van der Waals surface area contributed by atoms with E-state index in [2.05, 4.69) is 23.6 Å². The number of aromatic nitrogens is 1. The molecule has 33 heavy (non-hydrogen) atoms. The minimum absolute atomic E-state index is 0.0571. The number of hydrogen-bond acceptors (Lipinski definition) is 4. The molecule has 0 bridgehead atoms. The lowest BCUT2D eigenvalue weighted by atomic mass is 10.1. The van der Waals surface area contributed by atoms with E-state index in [9.17, 15) is 9.18 Å². The van der Waals surface area contributed by atoms with E-state index in [1.54, 1.807) is 11.0 Å². The van der Waals surface area contributed by atoms with Gasteiger partial charge in [-0.3, -0.25) is 9.69 Å². The van der Waals surface area contributed by atoms with Crippen LogP contribution in [0.5, 0.6) is 0 Å². The van der Waals surface area contributed by atoms with Crippen LogP contribution in [0, 0.1) is 5.82 Å². The maximum Gasteiger partial charge on any atom is 0.266 e. The van der Waals surface area contributed by atoms with Crippen LogP contribution in [0.25, 0.3) is 17.0 Å². The SMILES string of the molecule is CCc1cccc2c(/C=C3\SC(=S)N(C[C@H]4CCCO4)C3=O)cn(Cc3ccccc3F)c12. The Hall–Kier alpha value is -2.48. The number of aryl methyl sites for hydroxylation is 1. The Kier molecular flexibility index (Phi) is 6.36. The highest BCUT2D eigenvalue weighted by Crippen LogP contribution is 2.36. The van der Waals surface area contributed by atoms with Crippen molar-refractivity contribution in [3.63, 3.8) is 0 Å². The molecule has 7 heteroatoms. The number of carbonyl (C=O) groups is 1. The van der Waals surface area contributed by atoms with Gasteiger partial charge in [-0.05, 0) is 37.0 Å². The van der Waals surface area contributed by atoms with Crippen molar-refractivity contribution in [1.82, 2.24) is 9.47 Å². The van der Waals surface area contributed by atoms with E-state index in [1.165, 1.54) is 23.4 Å². The van der Waals surface area contributed by atoms with Crippen molar-refractivity contribution in [3.8, 4) is 0 Å². The number of nitrogens with zero attached hydrogens (tertiary/aromatic N) is 2. The third-order valence-corrected chi connectivity index (χ3v) is 7.64. The summed E-state index contributed by atoms with van der Waals surface area (Å²) < 4.78 is 22.8. The van der Waals surface area contributed by atoms with Crippen molar-refractivity contribution in [2.24, 2.45) is 0 Å². The van der Waals surface area contributed by atoms with E-state index in [4.69, 9.17) is 17.0 Å². The van der Waals surface area contributed by atoms with Crippen molar-refractivity contribution < 1.29 is 13.9 Å². The number of thioether (sulfide) groups is 1. The van der Waals surface area contributed by atoms with Gasteiger partial charge in [0.05, 0.1) is 29.6 Å². The molecule has 0 unspecified atom stereocenters. The summed E-state index contributed by atoms with van der Waals surface area (Å²) in [7, 11) is 0. The second-order valence-corrected chi connectivity index (χ2v) is 10.1. The molecule has 3 heterocycles. The van der Waals surface area contributed by atoms with Gasteiger partial charge in [0.1, 0.15) is 10.1 Å². The molecule has 0 saturated carbocycles. The fourth-order valence-corrected chi connectivity index (χ4v) is 5.86. The van der Waals surface area contributed by atoms with Gasteiger partial charge in [0, 0.05) is 29.3 Å². The number of para-hydroxylation sites is 1. The number of carbonyl (C=O) groups excluding carboxylic acids is 1. The largest absolute Gasteiger partial charge is 0.376 e. The summed E-state index contributed by atoms with van der Waals surface area (Å²) in [5, 5.41) is 1.05. The third-order valence-electron chi connectivity index (χ3n) is 6.26. The Morgan fingerprint density at radius 3 is 2.79 bits per heavy atom. The molecule has 2 aliphatic heterocycles. The van der Waals surface area contributed by atoms with Gasteiger partial charge in [-0.25, -0.2) is 4.39 Å². The molecule has 0 N–H and O–H groups in total. The molecule has 5 rings (SSSR count). The molecule has 4 nitrogen and oxygen atoms in total. The second-order valence-electron chi connectivity index (χ2n) is 8.40. The Balaban J connectivity index is 1.52. The molecule has 2 aromatic carbocycles. The first-order chi connectivity index (χ1) is 16.0. The van der Waals surface area contributed by atoms with Gasteiger partial charge in [0.15, 0.2) is 0 Å². The maximum absolute atomic E-state index is 14.4. The average Bonchev–Trinajstić information content (AvgIpc) is 3.52. The van der Waals surface area contributed by atoms with Crippen molar-refractivity contribution in [2.75, 3.05) is 13.2 Å². The van der Waals surface area contributed by atoms with Gasteiger partial charge < -0.3 is 9.30 Å². The summed E-state index contributed by atoms with van der Waals surface area (Å²) >= 11 is 6.85. The first-order valence-electron chi connectivity index (χ1n) is 11.3. The summed E-state index contributed by atoms with van der Waals surface area (Å²) in [4.78, 5) is 15.4. The molecule has 1 aromatic heterocycles. The predicted octanol–water partition coefficient (Wildman–Crippen LogP) is 5.77.